The van der Waals surface area contributed by atoms with Crippen LogP contribution < -0.4 is 14.2 Å². The maximum atomic E-state index is 13.5. The van der Waals surface area contributed by atoms with Crippen molar-refractivity contribution in [1.29, 1.82) is 0 Å². The smallest absolute Gasteiger partial charge is 0.203 e. The molecule has 5 aromatic rings. The largest absolute Gasteiger partial charge is 0.493 e. The summed E-state index contributed by atoms with van der Waals surface area (Å²) in [6, 6.07) is 15.3. The summed E-state index contributed by atoms with van der Waals surface area (Å²) >= 11 is 0. The Labute approximate surface area is 203 Å². The van der Waals surface area contributed by atoms with Crippen LogP contribution in [-0.4, -0.2) is 41.6 Å². The van der Waals surface area contributed by atoms with Crippen LogP contribution in [0.1, 0.15) is 28.4 Å². The Morgan fingerprint density at radius 1 is 0.943 bits per heavy atom. The van der Waals surface area contributed by atoms with Gasteiger partial charge < -0.3 is 23.8 Å². The number of imidazole rings is 1. The van der Waals surface area contributed by atoms with Crippen LogP contribution in [0.5, 0.6) is 17.2 Å². The minimum atomic E-state index is -0.137. The normalized spacial score (nSPS) is 11.2. The lowest BCUT2D eigenvalue weighted by Crippen LogP contribution is -2.04. The van der Waals surface area contributed by atoms with Crippen LogP contribution in [0.25, 0.3) is 33.3 Å². The Bertz CT molecular complexity index is 1550. The van der Waals surface area contributed by atoms with E-state index in [9.17, 15) is 4.79 Å². The van der Waals surface area contributed by atoms with Crippen molar-refractivity contribution < 1.29 is 19.0 Å². The van der Waals surface area contributed by atoms with Gasteiger partial charge in [-0.25, -0.2) is 4.98 Å². The van der Waals surface area contributed by atoms with Crippen molar-refractivity contribution in [2.45, 2.75) is 20.4 Å². The average molecular weight is 470 g/mol. The van der Waals surface area contributed by atoms with E-state index in [1.54, 1.807) is 12.1 Å². The van der Waals surface area contributed by atoms with Crippen molar-refractivity contribution in [1.82, 2.24) is 14.5 Å². The molecule has 0 radical (unpaired) electrons. The van der Waals surface area contributed by atoms with Crippen LogP contribution in [0.4, 0.5) is 0 Å². The summed E-state index contributed by atoms with van der Waals surface area (Å²) in [6.07, 6.45) is 2.09. The van der Waals surface area contributed by atoms with E-state index in [-0.39, 0.29) is 5.78 Å². The van der Waals surface area contributed by atoms with E-state index < -0.39 is 0 Å². The second-order valence-electron chi connectivity index (χ2n) is 8.41. The zero-order chi connectivity index (χ0) is 24.7. The number of H-pyrrole nitrogens is 1. The highest BCUT2D eigenvalue weighted by atomic mass is 16.5. The highest BCUT2D eigenvalue weighted by Crippen LogP contribution is 2.39. The van der Waals surface area contributed by atoms with Crippen LogP contribution >= 0.6 is 0 Å². The Hall–Kier alpha value is -4.26. The molecule has 0 aliphatic rings. The molecule has 7 heteroatoms. The quantitative estimate of drug-likeness (QED) is 0.306. The molecule has 5 rings (SSSR count). The number of rotatable bonds is 7. The molecule has 0 atom stereocenters. The molecule has 0 saturated heterocycles. The molecule has 0 unspecified atom stereocenters. The number of ketones is 1. The number of carbonyl (C=O) groups excluding carboxylic acids is 1. The van der Waals surface area contributed by atoms with Crippen molar-refractivity contribution in [3.8, 4) is 28.6 Å². The number of hydrogen-bond acceptors (Lipinski definition) is 5. The molecule has 1 N–H and O–H groups in total. The third-order valence-corrected chi connectivity index (χ3v) is 6.30. The summed E-state index contributed by atoms with van der Waals surface area (Å²) in [5, 5.41) is 0.959. The van der Waals surface area contributed by atoms with Crippen molar-refractivity contribution >= 4 is 27.7 Å². The molecule has 3 aromatic carbocycles. The number of hydrogen-bond donors (Lipinski definition) is 1. The molecule has 7 nitrogen and oxygen atoms in total. The number of ether oxygens (including phenoxy) is 3. The molecule has 0 fully saturated rings. The van der Waals surface area contributed by atoms with Crippen LogP contribution in [0, 0.1) is 6.92 Å². The fraction of sp³-hybridized carbons (Fsp3) is 0.214. The summed E-state index contributed by atoms with van der Waals surface area (Å²) in [6.45, 7) is 4.96. The molecule has 2 heterocycles. The SMILES string of the molecule is CCn1cc(-c2nc3ccc(C)cc3[nH]2)c2cc(C(=O)c3cc(OC)c(OC)c(OC)c3)ccc21. The number of methoxy groups -OCH3 is 3. The molecular formula is C28H27N3O4. The number of nitrogens with zero attached hydrogens (tertiary/aromatic N) is 2. The lowest BCUT2D eigenvalue weighted by Gasteiger charge is -2.14. The topological polar surface area (TPSA) is 78.4 Å². The maximum absolute atomic E-state index is 13.5. The maximum Gasteiger partial charge on any atom is 0.203 e. The number of aryl methyl sites for hydroxylation is 2. The lowest BCUT2D eigenvalue weighted by atomic mass is 10.00. The second-order valence-corrected chi connectivity index (χ2v) is 8.41. The lowest BCUT2D eigenvalue weighted by molar-refractivity contribution is 0.103. The first kappa shape index (κ1) is 22.5. The zero-order valence-electron chi connectivity index (χ0n) is 20.4. The first-order valence-corrected chi connectivity index (χ1v) is 11.4. The Morgan fingerprint density at radius 2 is 1.69 bits per heavy atom. The molecular weight excluding hydrogens is 442 g/mol. The average Bonchev–Trinajstić information content (AvgIpc) is 3.47. The zero-order valence-corrected chi connectivity index (χ0v) is 20.4. The number of benzene rings is 3. The molecule has 0 amide bonds. The Kier molecular flexibility index (Phi) is 5.68. The van der Waals surface area contributed by atoms with Gasteiger partial charge in [0.05, 0.1) is 32.4 Å². The van der Waals surface area contributed by atoms with E-state index in [0.717, 1.165) is 39.9 Å². The number of aromatic amines is 1. The predicted octanol–water partition coefficient (Wildman–Crippen LogP) is 5.77. The van der Waals surface area contributed by atoms with E-state index in [0.29, 0.717) is 28.4 Å². The minimum absolute atomic E-state index is 0.137. The van der Waals surface area contributed by atoms with Crippen LogP contribution in [0.3, 0.4) is 0 Å². The summed E-state index contributed by atoms with van der Waals surface area (Å²) in [5.74, 6) is 1.96. The van der Waals surface area contributed by atoms with E-state index in [1.807, 2.05) is 24.3 Å². The highest BCUT2D eigenvalue weighted by molar-refractivity contribution is 6.12. The standard InChI is InChI=1S/C28H27N3O4/c1-6-31-15-20(28-29-21-9-7-16(2)11-22(21)30-28)19-12-17(8-10-23(19)31)26(32)18-13-24(33-3)27(35-5)25(14-18)34-4/h7-15H,6H2,1-5H3,(H,29,30). The summed E-state index contributed by atoms with van der Waals surface area (Å²) in [5.41, 5.74) is 6.08. The van der Waals surface area contributed by atoms with Gasteiger partial charge in [0.25, 0.3) is 0 Å². The van der Waals surface area contributed by atoms with Gasteiger partial charge in [0, 0.05) is 40.3 Å². The van der Waals surface area contributed by atoms with Gasteiger partial charge in [0.1, 0.15) is 5.82 Å². The first-order valence-electron chi connectivity index (χ1n) is 11.4. The Balaban J connectivity index is 1.64. The minimum Gasteiger partial charge on any atom is -0.493 e. The number of nitrogens with one attached hydrogen (secondary N) is 1. The number of aromatic nitrogens is 3. The van der Waals surface area contributed by atoms with Gasteiger partial charge in [-0.3, -0.25) is 4.79 Å². The van der Waals surface area contributed by atoms with E-state index >= 15 is 0 Å². The van der Waals surface area contributed by atoms with Gasteiger partial charge >= 0.3 is 0 Å². The van der Waals surface area contributed by atoms with Crippen molar-refractivity contribution in [2.75, 3.05) is 21.3 Å². The third kappa shape index (κ3) is 3.79. The molecule has 0 bridgehead atoms. The molecule has 0 aliphatic carbocycles. The Morgan fingerprint density at radius 3 is 2.34 bits per heavy atom. The number of carbonyl (C=O) groups is 1. The van der Waals surface area contributed by atoms with Crippen molar-refractivity contribution in [3.63, 3.8) is 0 Å². The van der Waals surface area contributed by atoms with Gasteiger partial charge in [-0.05, 0) is 61.9 Å². The molecule has 0 saturated carbocycles. The summed E-state index contributed by atoms with van der Waals surface area (Å²) in [7, 11) is 4.60. The molecule has 178 valence electrons. The van der Waals surface area contributed by atoms with Gasteiger partial charge in [-0.15, -0.1) is 0 Å². The second kappa shape index (κ2) is 8.83. The molecule has 2 aromatic heterocycles. The van der Waals surface area contributed by atoms with Gasteiger partial charge in [-0.2, -0.15) is 0 Å². The van der Waals surface area contributed by atoms with Crippen LogP contribution in [0.2, 0.25) is 0 Å². The third-order valence-electron chi connectivity index (χ3n) is 6.30. The predicted molar refractivity (Wildman–Crippen MR) is 137 cm³/mol. The van der Waals surface area contributed by atoms with E-state index in [2.05, 4.69) is 41.7 Å². The van der Waals surface area contributed by atoms with Gasteiger partial charge in [0.2, 0.25) is 5.75 Å². The molecule has 0 spiro atoms. The fourth-order valence-electron chi connectivity index (χ4n) is 4.52. The number of fused-ring (bicyclic) bond motifs is 2. The van der Waals surface area contributed by atoms with Crippen molar-refractivity contribution in [2.24, 2.45) is 0 Å². The molecule has 0 aliphatic heterocycles. The fourth-order valence-corrected chi connectivity index (χ4v) is 4.52. The van der Waals surface area contributed by atoms with E-state index in [4.69, 9.17) is 19.2 Å². The van der Waals surface area contributed by atoms with Crippen LogP contribution in [-0.2, 0) is 6.54 Å². The van der Waals surface area contributed by atoms with E-state index in [1.165, 1.54) is 26.9 Å². The van der Waals surface area contributed by atoms with Gasteiger partial charge in [-0.1, -0.05) is 6.07 Å². The molecule has 35 heavy (non-hydrogen) atoms. The summed E-state index contributed by atoms with van der Waals surface area (Å²) in [4.78, 5) is 21.8. The monoisotopic (exact) mass is 469 g/mol. The van der Waals surface area contributed by atoms with Gasteiger partial charge in [0.15, 0.2) is 17.3 Å². The van der Waals surface area contributed by atoms with Crippen molar-refractivity contribution in [3.05, 3.63) is 71.4 Å². The first-order chi connectivity index (χ1) is 17.0. The summed E-state index contributed by atoms with van der Waals surface area (Å²) < 4.78 is 18.4. The highest BCUT2D eigenvalue weighted by Gasteiger charge is 2.20. The van der Waals surface area contributed by atoms with Crippen LogP contribution in [0.15, 0.2) is 54.7 Å².